The molecule has 0 aliphatic rings. The minimum Gasteiger partial charge on any atom is -0.0617 e. The van der Waals surface area contributed by atoms with Crippen LogP contribution in [0.15, 0.2) is 152 Å². The van der Waals surface area contributed by atoms with E-state index in [0.29, 0.717) is 0 Å². The number of benzene rings is 7. The maximum Gasteiger partial charge on any atom is -0.00258 e. The van der Waals surface area contributed by atoms with Gasteiger partial charge < -0.3 is 0 Å². The highest BCUT2D eigenvalue weighted by Crippen LogP contribution is 2.13. The molecule has 304 valence electrons. The van der Waals surface area contributed by atoms with Crippen molar-refractivity contribution in [1.29, 1.82) is 0 Å². The number of rotatable bonds is 2. The SMILES string of the molecule is Cc1ccc(C)c(C)c1.Cc1ccc(C)c(C)c1.Cc1ccc(C)cc1.Cc1ccc(Cc2ccc(C)cc2)cc1.Cc1cccc(C)c1.Cc1cccc(C)c1C. The van der Waals surface area contributed by atoms with Crippen LogP contribution in [0.5, 0.6) is 0 Å². The van der Waals surface area contributed by atoms with Gasteiger partial charge in [0.1, 0.15) is 0 Å². The lowest BCUT2D eigenvalue weighted by Gasteiger charge is -2.03. The summed E-state index contributed by atoms with van der Waals surface area (Å²) in [7, 11) is 0. The molecule has 0 atom stereocenters. The number of hydrogen-bond donors (Lipinski definition) is 0. The maximum atomic E-state index is 2.20. The van der Waals surface area contributed by atoms with Crippen molar-refractivity contribution in [2.75, 3.05) is 0 Å². The van der Waals surface area contributed by atoms with Crippen molar-refractivity contribution < 1.29 is 0 Å². The standard InChI is InChI=1S/C15H16.3C9H12.2C8H10/c1-12-3-7-14(8-4-12)11-15-9-5-13(2)6-10-15;2*1-7-4-5-8(2)9(3)6-7;1-7-5-4-6-8(2)9(7)3;1-7-3-5-8(2)6-4-7;1-7-4-3-5-8(2)6-7/h3-10H,11H2,1-2H3;3*4-6H,1-3H3;2*3-6H,1-2H3. The normalized spacial score (nSPS) is 9.71. The zero-order valence-corrected chi connectivity index (χ0v) is 38.6. The summed E-state index contributed by atoms with van der Waals surface area (Å²) in [5.74, 6) is 0. The number of aryl methyl sites for hydroxylation is 14. The summed E-state index contributed by atoms with van der Waals surface area (Å²) >= 11 is 0. The Hall–Kier alpha value is -5.46. The van der Waals surface area contributed by atoms with Gasteiger partial charge in [0.05, 0.1) is 0 Å². The number of hydrogen-bond acceptors (Lipinski definition) is 0. The topological polar surface area (TPSA) is 0 Å². The predicted molar refractivity (Wildman–Crippen MR) is 259 cm³/mol. The first-order chi connectivity index (χ1) is 27.4. The zero-order valence-electron chi connectivity index (χ0n) is 38.6. The molecule has 58 heavy (non-hydrogen) atoms. The van der Waals surface area contributed by atoms with Crippen LogP contribution in [-0.4, -0.2) is 0 Å². The molecule has 0 aliphatic carbocycles. The first-order valence-corrected chi connectivity index (χ1v) is 20.7. The van der Waals surface area contributed by atoms with Crippen molar-refractivity contribution >= 4 is 0 Å². The molecule has 0 spiro atoms. The lowest BCUT2D eigenvalue weighted by molar-refractivity contribution is 1.18. The first-order valence-electron chi connectivity index (χ1n) is 20.7. The first kappa shape index (κ1) is 48.7. The van der Waals surface area contributed by atoms with E-state index < -0.39 is 0 Å². The van der Waals surface area contributed by atoms with E-state index in [1.165, 1.54) is 94.6 Å². The van der Waals surface area contributed by atoms with E-state index in [4.69, 9.17) is 0 Å². The molecule has 0 saturated heterocycles. The van der Waals surface area contributed by atoms with Gasteiger partial charge in [0.15, 0.2) is 0 Å². The molecule has 0 radical (unpaired) electrons. The second-order valence-electron chi connectivity index (χ2n) is 16.2. The Balaban J connectivity index is 0.000000244. The fourth-order valence-electron chi connectivity index (χ4n) is 5.77. The smallest absolute Gasteiger partial charge is 0.00258 e. The summed E-state index contributed by atoms with van der Waals surface area (Å²) in [4.78, 5) is 0. The Labute approximate surface area is 355 Å². The average Bonchev–Trinajstić information content (AvgIpc) is 3.18. The van der Waals surface area contributed by atoms with Gasteiger partial charge in [-0.3, -0.25) is 0 Å². The molecule has 0 aliphatic heterocycles. The van der Waals surface area contributed by atoms with Gasteiger partial charge in [-0.15, -0.1) is 0 Å². The molecule has 0 nitrogen and oxygen atoms in total. The maximum absolute atomic E-state index is 2.20. The van der Waals surface area contributed by atoms with Gasteiger partial charge in [0.2, 0.25) is 0 Å². The molecule has 0 bridgehead atoms. The van der Waals surface area contributed by atoms with Crippen LogP contribution in [0.1, 0.15) is 94.6 Å². The summed E-state index contributed by atoms with van der Waals surface area (Å²) in [5, 5.41) is 0. The summed E-state index contributed by atoms with van der Waals surface area (Å²) in [6, 6.07) is 53.8. The quantitative estimate of drug-likeness (QED) is 0.164. The van der Waals surface area contributed by atoms with E-state index in [1.807, 2.05) is 0 Å². The Morgan fingerprint density at radius 2 is 0.500 bits per heavy atom. The predicted octanol–water partition coefficient (Wildman–Crippen LogP) is 16.3. The molecule has 0 heterocycles. The Morgan fingerprint density at radius 3 is 0.759 bits per heavy atom. The summed E-state index contributed by atoms with van der Waals surface area (Å²) < 4.78 is 0. The largest absolute Gasteiger partial charge is 0.0617 e. The van der Waals surface area contributed by atoms with E-state index in [1.54, 1.807) is 0 Å². The second kappa shape index (κ2) is 25.7. The molecule has 0 amide bonds. The van der Waals surface area contributed by atoms with Crippen LogP contribution in [0.4, 0.5) is 0 Å². The molecule has 0 fully saturated rings. The van der Waals surface area contributed by atoms with Crippen LogP contribution in [-0.2, 0) is 6.42 Å². The van der Waals surface area contributed by atoms with Crippen LogP contribution < -0.4 is 0 Å². The van der Waals surface area contributed by atoms with Crippen LogP contribution in [0.3, 0.4) is 0 Å². The van der Waals surface area contributed by atoms with Crippen LogP contribution in [0, 0.1) is 104 Å². The van der Waals surface area contributed by atoms with Gasteiger partial charge in [0, 0.05) is 0 Å². The van der Waals surface area contributed by atoms with Gasteiger partial charge in [-0.2, -0.15) is 0 Å². The molecular formula is C58H72. The van der Waals surface area contributed by atoms with Gasteiger partial charge >= 0.3 is 0 Å². The summed E-state index contributed by atoms with van der Waals surface area (Å²) in [5.41, 5.74) is 23.1. The van der Waals surface area contributed by atoms with Crippen molar-refractivity contribution in [3.8, 4) is 0 Å². The van der Waals surface area contributed by atoms with Crippen LogP contribution in [0.2, 0.25) is 0 Å². The molecule has 0 aromatic heterocycles. The van der Waals surface area contributed by atoms with Gasteiger partial charge in [0.25, 0.3) is 0 Å². The van der Waals surface area contributed by atoms with Gasteiger partial charge in [-0.05, 0) is 160 Å². The van der Waals surface area contributed by atoms with Crippen molar-refractivity contribution in [2.45, 2.75) is 110 Å². The molecule has 7 aromatic carbocycles. The highest BCUT2D eigenvalue weighted by atomic mass is 14.0. The summed E-state index contributed by atoms with van der Waals surface area (Å²) in [6.07, 6.45) is 1.03. The minimum atomic E-state index is 1.03. The highest BCUT2D eigenvalue weighted by molar-refractivity contribution is 5.33. The van der Waals surface area contributed by atoms with Crippen molar-refractivity contribution in [2.24, 2.45) is 0 Å². The van der Waals surface area contributed by atoms with Gasteiger partial charge in [-0.25, -0.2) is 0 Å². The molecule has 7 rings (SSSR count). The summed E-state index contributed by atoms with van der Waals surface area (Å²) in [6.45, 7) is 31.9. The molecule has 0 N–H and O–H groups in total. The lowest BCUT2D eigenvalue weighted by Crippen LogP contribution is -1.88. The highest BCUT2D eigenvalue weighted by Gasteiger charge is 1.96. The molecule has 0 unspecified atom stereocenters. The van der Waals surface area contributed by atoms with E-state index in [2.05, 4.69) is 256 Å². The Morgan fingerprint density at radius 1 is 0.224 bits per heavy atom. The zero-order chi connectivity index (χ0) is 43.2. The molecule has 0 saturated carbocycles. The third kappa shape index (κ3) is 20.1. The Bertz CT molecular complexity index is 2060. The fraction of sp³-hybridized carbons (Fsp3) is 0.276. The van der Waals surface area contributed by atoms with E-state index in [0.717, 1.165) is 6.42 Å². The molecule has 7 aromatic rings. The second-order valence-corrected chi connectivity index (χ2v) is 16.2. The minimum absolute atomic E-state index is 1.03. The third-order valence-corrected chi connectivity index (χ3v) is 10.2. The van der Waals surface area contributed by atoms with E-state index in [9.17, 15) is 0 Å². The Kier molecular flexibility index (Phi) is 21.6. The molecule has 0 heteroatoms. The third-order valence-electron chi connectivity index (χ3n) is 10.2. The average molecular weight is 769 g/mol. The van der Waals surface area contributed by atoms with Crippen molar-refractivity contribution in [3.05, 3.63) is 246 Å². The van der Waals surface area contributed by atoms with E-state index in [-0.39, 0.29) is 0 Å². The van der Waals surface area contributed by atoms with Gasteiger partial charge in [-0.1, -0.05) is 196 Å². The fourth-order valence-corrected chi connectivity index (χ4v) is 5.77. The lowest BCUT2D eigenvalue weighted by atomic mass is 10.0. The van der Waals surface area contributed by atoms with Crippen molar-refractivity contribution in [1.82, 2.24) is 0 Å². The van der Waals surface area contributed by atoms with E-state index >= 15 is 0 Å². The molecular weight excluding hydrogens is 697 g/mol. The van der Waals surface area contributed by atoms with Crippen LogP contribution >= 0.6 is 0 Å². The monoisotopic (exact) mass is 769 g/mol. The van der Waals surface area contributed by atoms with Crippen molar-refractivity contribution in [3.63, 3.8) is 0 Å². The van der Waals surface area contributed by atoms with Crippen LogP contribution in [0.25, 0.3) is 0 Å².